The molecule has 4 heteroatoms. The molecule has 0 fully saturated rings. The molecule has 0 amide bonds. The fourth-order valence-electron chi connectivity index (χ4n) is 2.01. The highest BCUT2D eigenvalue weighted by Gasteiger charge is 2.17. The Labute approximate surface area is 142 Å². The summed E-state index contributed by atoms with van der Waals surface area (Å²) >= 11 is 0. The van der Waals surface area contributed by atoms with Crippen LogP contribution in [0.5, 0.6) is 0 Å². The second-order valence-corrected chi connectivity index (χ2v) is 5.63. The van der Waals surface area contributed by atoms with Crippen molar-refractivity contribution in [2.24, 2.45) is 11.8 Å². The first kappa shape index (κ1) is 19.7. The van der Waals surface area contributed by atoms with E-state index in [9.17, 15) is 9.59 Å². The fraction of sp³-hybridized carbons (Fsp3) is 0.300. The molecule has 2 N–H and O–H groups in total. The van der Waals surface area contributed by atoms with Gasteiger partial charge in [0.05, 0.1) is 13.2 Å². The lowest BCUT2D eigenvalue weighted by Crippen LogP contribution is -2.24. The molecule has 0 heterocycles. The van der Waals surface area contributed by atoms with Crippen molar-refractivity contribution in [1.82, 2.24) is 0 Å². The molecular weight excluding hydrogens is 304 g/mol. The van der Waals surface area contributed by atoms with E-state index in [-0.39, 0.29) is 36.6 Å². The maximum Gasteiger partial charge on any atom is 0.193 e. The summed E-state index contributed by atoms with van der Waals surface area (Å²) in [5, 5.41) is 17.1. The topological polar surface area (TPSA) is 74.6 Å². The minimum atomic E-state index is -0.345. The molecule has 0 saturated carbocycles. The van der Waals surface area contributed by atoms with Gasteiger partial charge in [0.15, 0.2) is 5.78 Å². The van der Waals surface area contributed by atoms with E-state index < -0.39 is 0 Å². The fourth-order valence-corrected chi connectivity index (χ4v) is 2.01. The summed E-state index contributed by atoms with van der Waals surface area (Å²) in [7, 11) is 0. The highest BCUT2D eigenvalue weighted by Crippen LogP contribution is 2.08. The van der Waals surface area contributed by atoms with Gasteiger partial charge in [0, 0.05) is 23.0 Å². The van der Waals surface area contributed by atoms with Gasteiger partial charge in [0.25, 0.3) is 0 Å². The van der Waals surface area contributed by atoms with Crippen molar-refractivity contribution in [3.05, 3.63) is 71.8 Å². The number of hydrogen-bond acceptors (Lipinski definition) is 4. The van der Waals surface area contributed by atoms with E-state index in [0.29, 0.717) is 0 Å². The summed E-state index contributed by atoms with van der Waals surface area (Å²) in [5.74, 6) is -0.694. The van der Waals surface area contributed by atoms with Crippen LogP contribution in [0, 0.1) is 11.8 Å². The Hall–Kier alpha value is -2.30. The van der Waals surface area contributed by atoms with Gasteiger partial charge in [-0.15, -0.1) is 0 Å². The average molecular weight is 328 g/mol. The number of hydrogen-bond donors (Lipinski definition) is 2. The SMILES string of the molecule is CC(CO)C(=O)C(C)CO.O=C(c1ccccc1)c1ccccc1. The van der Waals surface area contributed by atoms with Crippen molar-refractivity contribution in [2.45, 2.75) is 13.8 Å². The maximum atomic E-state index is 11.8. The standard InChI is InChI=1S/C13H10O.C7H14O3/c14-13(11-7-3-1-4-8-11)12-9-5-2-6-10-12;1-5(3-8)7(10)6(2)4-9/h1-10H;5-6,8-9H,3-4H2,1-2H3. The molecule has 0 radical (unpaired) electrons. The molecule has 0 spiro atoms. The van der Waals surface area contributed by atoms with Crippen LogP contribution in [0.1, 0.15) is 29.8 Å². The van der Waals surface area contributed by atoms with Crippen molar-refractivity contribution in [2.75, 3.05) is 13.2 Å². The Kier molecular flexibility index (Phi) is 8.61. The van der Waals surface area contributed by atoms with Gasteiger partial charge in [-0.25, -0.2) is 0 Å². The van der Waals surface area contributed by atoms with Gasteiger partial charge in [-0.3, -0.25) is 9.59 Å². The lowest BCUT2D eigenvalue weighted by atomic mass is 9.97. The molecule has 2 atom stereocenters. The molecule has 4 nitrogen and oxygen atoms in total. The Morgan fingerprint density at radius 1 is 0.750 bits per heavy atom. The third-order valence-corrected chi connectivity index (χ3v) is 3.59. The van der Waals surface area contributed by atoms with Crippen LogP contribution in [0.3, 0.4) is 0 Å². The van der Waals surface area contributed by atoms with Gasteiger partial charge in [-0.1, -0.05) is 74.5 Å². The zero-order valence-corrected chi connectivity index (χ0v) is 14.1. The Bertz CT molecular complexity index is 569. The van der Waals surface area contributed by atoms with Gasteiger partial charge >= 0.3 is 0 Å². The summed E-state index contributed by atoms with van der Waals surface area (Å²) in [5.41, 5.74) is 1.47. The van der Waals surface area contributed by atoms with Crippen LogP contribution in [0.4, 0.5) is 0 Å². The van der Waals surface area contributed by atoms with Crippen LogP contribution < -0.4 is 0 Å². The predicted molar refractivity (Wildman–Crippen MR) is 93.8 cm³/mol. The van der Waals surface area contributed by atoms with E-state index in [1.54, 1.807) is 13.8 Å². The van der Waals surface area contributed by atoms with Gasteiger partial charge in [0.2, 0.25) is 0 Å². The normalized spacial score (nSPS) is 12.5. The minimum absolute atomic E-state index is 0.0752. The zero-order valence-electron chi connectivity index (χ0n) is 14.1. The van der Waals surface area contributed by atoms with Crippen LogP contribution in [0.25, 0.3) is 0 Å². The number of aliphatic hydroxyl groups is 2. The Balaban J connectivity index is 0.000000257. The second kappa shape index (κ2) is 10.5. The highest BCUT2D eigenvalue weighted by molar-refractivity contribution is 6.08. The summed E-state index contributed by atoms with van der Waals surface area (Å²) in [4.78, 5) is 22.8. The number of rotatable bonds is 6. The zero-order chi connectivity index (χ0) is 17.9. The third-order valence-electron chi connectivity index (χ3n) is 3.59. The molecule has 2 unspecified atom stereocenters. The lowest BCUT2D eigenvalue weighted by Gasteiger charge is -2.10. The number of Topliss-reactive ketones (excluding diaryl/α,β-unsaturated/α-hetero) is 1. The smallest absolute Gasteiger partial charge is 0.193 e. The van der Waals surface area contributed by atoms with Crippen LogP contribution in [-0.4, -0.2) is 35.0 Å². The van der Waals surface area contributed by atoms with Crippen LogP contribution in [0.2, 0.25) is 0 Å². The van der Waals surface area contributed by atoms with Crippen molar-refractivity contribution < 1.29 is 19.8 Å². The van der Waals surface area contributed by atoms with E-state index in [1.165, 1.54) is 0 Å². The number of ketones is 2. The van der Waals surface area contributed by atoms with Crippen molar-refractivity contribution in [1.29, 1.82) is 0 Å². The van der Waals surface area contributed by atoms with Crippen LogP contribution >= 0.6 is 0 Å². The number of carbonyl (C=O) groups excluding carboxylic acids is 2. The Morgan fingerprint density at radius 2 is 1.08 bits per heavy atom. The predicted octanol–water partition coefficient (Wildman–Crippen LogP) is 2.73. The molecule has 24 heavy (non-hydrogen) atoms. The molecular formula is C20H24O4. The molecule has 0 bridgehead atoms. The highest BCUT2D eigenvalue weighted by atomic mass is 16.3. The minimum Gasteiger partial charge on any atom is -0.396 e. The van der Waals surface area contributed by atoms with E-state index >= 15 is 0 Å². The van der Waals surface area contributed by atoms with Crippen LogP contribution in [-0.2, 0) is 4.79 Å². The average Bonchev–Trinajstić information content (AvgIpc) is 2.67. The molecule has 0 aromatic heterocycles. The van der Waals surface area contributed by atoms with Crippen molar-refractivity contribution in [3.8, 4) is 0 Å². The number of benzene rings is 2. The van der Waals surface area contributed by atoms with E-state index in [1.807, 2.05) is 60.7 Å². The van der Waals surface area contributed by atoms with Crippen molar-refractivity contribution in [3.63, 3.8) is 0 Å². The van der Waals surface area contributed by atoms with E-state index in [0.717, 1.165) is 11.1 Å². The largest absolute Gasteiger partial charge is 0.396 e. The number of aliphatic hydroxyl groups excluding tert-OH is 2. The lowest BCUT2D eigenvalue weighted by molar-refractivity contribution is -0.128. The molecule has 2 aromatic carbocycles. The molecule has 0 aliphatic carbocycles. The second-order valence-electron chi connectivity index (χ2n) is 5.63. The van der Waals surface area contributed by atoms with Gasteiger partial charge in [-0.05, 0) is 0 Å². The van der Waals surface area contributed by atoms with Crippen LogP contribution in [0.15, 0.2) is 60.7 Å². The van der Waals surface area contributed by atoms with E-state index in [4.69, 9.17) is 10.2 Å². The maximum absolute atomic E-state index is 11.8. The molecule has 2 rings (SSSR count). The van der Waals surface area contributed by atoms with E-state index in [2.05, 4.69) is 0 Å². The van der Waals surface area contributed by atoms with Gasteiger partial charge < -0.3 is 10.2 Å². The number of carbonyl (C=O) groups is 2. The van der Waals surface area contributed by atoms with Crippen molar-refractivity contribution >= 4 is 11.6 Å². The molecule has 0 aliphatic rings. The summed E-state index contributed by atoms with van der Waals surface area (Å²) in [6.07, 6.45) is 0. The third kappa shape index (κ3) is 6.07. The Morgan fingerprint density at radius 3 is 1.38 bits per heavy atom. The quantitative estimate of drug-likeness (QED) is 0.800. The monoisotopic (exact) mass is 328 g/mol. The van der Waals surface area contributed by atoms with Gasteiger partial charge in [-0.2, -0.15) is 0 Å². The van der Waals surface area contributed by atoms with Gasteiger partial charge in [0.1, 0.15) is 5.78 Å². The molecule has 2 aromatic rings. The summed E-state index contributed by atoms with van der Waals surface area (Å²) in [6.45, 7) is 3.02. The molecule has 0 aliphatic heterocycles. The first-order valence-electron chi connectivity index (χ1n) is 7.91. The molecule has 0 saturated heterocycles. The summed E-state index contributed by atoms with van der Waals surface area (Å²) < 4.78 is 0. The molecule has 128 valence electrons. The first-order chi connectivity index (χ1) is 11.5. The summed E-state index contributed by atoms with van der Waals surface area (Å²) in [6, 6.07) is 18.6. The first-order valence-corrected chi connectivity index (χ1v) is 7.91.